The second-order valence-electron chi connectivity index (χ2n) is 2.86. The molecule has 0 radical (unpaired) electrons. The van der Waals surface area contributed by atoms with Crippen molar-refractivity contribution in [2.24, 2.45) is 0 Å². The Labute approximate surface area is 90.9 Å². The average Bonchev–Trinajstić information content (AvgIpc) is 2.19. The molecule has 0 N–H and O–H groups in total. The lowest BCUT2D eigenvalue weighted by atomic mass is 10.0. The third-order valence-electron chi connectivity index (χ3n) is 1.92. The van der Waals surface area contributed by atoms with Crippen molar-refractivity contribution >= 4 is 28.2 Å². The van der Waals surface area contributed by atoms with Crippen molar-refractivity contribution in [3.63, 3.8) is 0 Å². The van der Waals surface area contributed by atoms with Gasteiger partial charge in [0, 0.05) is 6.20 Å². The summed E-state index contributed by atoms with van der Waals surface area (Å²) >= 11 is 2.21. The smallest absolute Gasteiger partial charge is 0.156 e. The van der Waals surface area contributed by atoms with Crippen LogP contribution in [0.2, 0.25) is 0 Å². The maximum Gasteiger partial charge on any atom is 0.156 e. The molecule has 1 aromatic heterocycles. The van der Waals surface area contributed by atoms with Crippen LogP contribution in [-0.4, -0.2) is 9.97 Å². The summed E-state index contributed by atoms with van der Waals surface area (Å²) in [6.07, 6.45) is 10.3. The van der Waals surface area contributed by atoms with Crippen LogP contribution in [0.15, 0.2) is 30.5 Å². The van der Waals surface area contributed by atoms with Gasteiger partial charge in [-0.2, -0.15) is 0 Å². The van der Waals surface area contributed by atoms with Crippen LogP contribution in [-0.2, 0) is 0 Å². The summed E-state index contributed by atoms with van der Waals surface area (Å²) in [5.74, 6) is 0.872. The first-order valence-corrected chi connectivity index (χ1v) is 5.29. The maximum atomic E-state index is 4.37. The highest BCUT2D eigenvalue weighted by Crippen LogP contribution is 2.20. The predicted molar refractivity (Wildman–Crippen MR) is 61.1 cm³/mol. The number of aromatic nitrogens is 2. The standard InChI is InChI=1S/C10H9IN2/c11-9-6-7-12-10(13-9)8-4-2-1-3-5-8/h1-2,4,6-7H,3,5H2. The second kappa shape index (κ2) is 4.00. The molecule has 0 unspecified atom stereocenters. The van der Waals surface area contributed by atoms with Gasteiger partial charge in [-0.25, -0.2) is 9.97 Å². The van der Waals surface area contributed by atoms with Crippen LogP contribution >= 0.6 is 22.6 Å². The van der Waals surface area contributed by atoms with Gasteiger partial charge in [0.1, 0.15) is 3.70 Å². The van der Waals surface area contributed by atoms with E-state index in [-0.39, 0.29) is 0 Å². The molecule has 0 amide bonds. The number of halogens is 1. The Kier molecular flexibility index (Phi) is 2.73. The van der Waals surface area contributed by atoms with E-state index in [1.165, 1.54) is 5.57 Å². The molecule has 1 aliphatic carbocycles. The van der Waals surface area contributed by atoms with Gasteiger partial charge in [-0.15, -0.1) is 0 Å². The molecule has 0 fully saturated rings. The summed E-state index contributed by atoms with van der Waals surface area (Å²) in [5.41, 5.74) is 1.24. The summed E-state index contributed by atoms with van der Waals surface area (Å²) in [5, 5.41) is 0. The van der Waals surface area contributed by atoms with Crippen molar-refractivity contribution in [3.8, 4) is 0 Å². The Morgan fingerprint density at radius 1 is 1.38 bits per heavy atom. The molecule has 0 atom stereocenters. The molecule has 0 aromatic carbocycles. The molecule has 1 aromatic rings. The third kappa shape index (κ3) is 2.15. The van der Waals surface area contributed by atoms with Crippen molar-refractivity contribution in [3.05, 3.63) is 40.0 Å². The summed E-state index contributed by atoms with van der Waals surface area (Å²) in [6.45, 7) is 0. The molecule has 13 heavy (non-hydrogen) atoms. The molecule has 1 heterocycles. The zero-order valence-electron chi connectivity index (χ0n) is 7.07. The zero-order chi connectivity index (χ0) is 9.10. The number of nitrogens with zero attached hydrogens (tertiary/aromatic N) is 2. The van der Waals surface area contributed by atoms with Crippen molar-refractivity contribution in [2.45, 2.75) is 12.8 Å². The molecule has 3 heteroatoms. The highest BCUT2D eigenvalue weighted by atomic mass is 127. The van der Waals surface area contributed by atoms with Gasteiger partial charge in [0.25, 0.3) is 0 Å². The second-order valence-corrected chi connectivity index (χ2v) is 3.97. The van der Waals surface area contributed by atoms with Gasteiger partial charge in [0.15, 0.2) is 5.82 Å². The lowest BCUT2D eigenvalue weighted by molar-refractivity contribution is 0.995. The Hall–Kier alpha value is -0.710. The van der Waals surface area contributed by atoms with Gasteiger partial charge in [-0.05, 0) is 47.1 Å². The van der Waals surface area contributed by atoms with E-state index in [4.69, 9.17) is 0 Å². The van der Waals surface area contributed by atoms with Gasteiger partial charge in [-0.3, -0.25) is 0 Å². The lowest BCUT2D eigenvalue weighted by Crippen LogP contribution is -1.96. The molecule has 2 nitrogen and oxygen atoms in total. The first-order valence-electron chi connectivity index (χ1n) is 4.21. The van der Waals surface area contributed by atoms with Gasteiger partial charge >= 0.3 is 0 Å². The third-order valence-corrected chi connectivity index (χ3v) is 2.52. The molecule has 0 saturated heterocycles. The van der Waals surface area contributed by atoms with Gasteiger partial charge < -0.3 is 0 Å². The monoisotopic (exact) mass is 284 g/mol. The quantitative estimate of drug-likeness (QED) is 0.585. The minimum Gasteiger partial charge on any atom is -0.237 e. The number of hydrogen-bond acceptors (Lipinski definition) is 2. The predicted octanol–water partition coefficient (Wildman–Crippen LogP) is 2.81. The number of rotatable bonds is 1. The van der Waals surface area contributed by atoms with E-state index in [0.717, 1.165) is 22.4 Å². The van der Waals surface area contributed by atoms with E-state index in [2.05, 4.69) is 50.8 Å². The fourth-order valence-electron chi connectivity index (χ4n) is 1.28. The molecular formula is C10H9IN2. The van der Waals surface area contributed by atoms with Crippen molar-refractivity contribution < 1.29 is 0 Å². The molecular weight excluding hydrogens is 275 g/mol. The fourth-order valence-corrected chi connectivity index (χ4v) is 1.67. The van der Waals surface area contributed by atoms with Crippen molar-refractivity contribution in [2.75, 3.05) is 0 Å². The highest BCUT2D eigenvalue weighted by molar-refractivity contribution is 14.1. The molecule has 0 bridgehead atoms. The van der Waals surface area contributed by atoms with Crippen LogP contribution in [0.1, 0.15) is 18.7 Å². The molecule has 0 saturated carbocycles. The molecule has 0 spiro atoms. The largest absolute Gasteiger partial charge is 0.237 e. The number of hydrogen-bond donors (Lipinski definition) is 0. The van der Waals surface area contributed by atoms with Crippen LogP contribution < -0.4 is 0 Å². The molecule has 66 valence electrons. The average molecular weight is 284 g/mol. The Morgan fingerprint density at radius 2 is 2.31 bits per heavy atom. The lowest BCUT2D eigenvalue weighted by Gasteiger charge is -2.06. The summed E-state index contributed by atoms with van der Waals surface area (Å²) in [7, 11) is 0. The van der Waals surface area contributed by atoms with E-state index in [1.54, 1.807) is 0 Å². The fraction of sp³-hybridized carbons (Fsp3) is 0.200. The van der Waals surface area contributed by atoms with Crippen molar-refractivity contribution in [1.82, 2.24) is 9.97 Å². The first-order chi connectivity index (χ1) is 6.36. The SMILES string of the molecule is Ic1ccnc(C2=CC=CCC2)n1. The highest BCUT2D eigenvalue weighted by Gasteiger charge is 2.05. The normalized spacial score (nSPS) is 15.6. The molecule has 1 aliphatic rings. The number of allylic oxidation sites excluding steroid dienone is 4. The Balaban J connectivity index is 2.34. The van der Waals surface area contributed by atoms with Crippen LogP contribution in [0.5, 0.6) is 0 Å². The first kappa shape index (κ1) is 8.87. The van der Waals surface area contributed by atoms with Crippen LogP contribution in [0.4, 0.5) is 0 Å². The molecule has 2 rings (SSSR count). The zero-order valence-corrected chi connectivity index (χ0v) is 9.23. The summed E-state index contributed by atoms with van der Waals surface area (Å²) in [4.78, 5) is 8.62. The van der Waals surface area contributed by atoms with Crippen LogP contribution in [0, 0.1) is 3.70 Å². The van der Waals surface area contributed by atoms with E-state index in [0.29, 0.717) is 0 Å². The van der Waals surface area contributed by atoms with E-state index < -0.39 is 0 Å². The van der Waals surface area contributed by atoms with Gasteiger partial charge in [0.2, 0.25) is 0 Å². The Bertz CT molecular complexity index is 369. The maximum absolute atomic E-state index is 4.37. The minimum absolute atomic E-state index is 0.872. The van der Waals surface area contributed by atoms with Crippen LogP contribution in [0.3, 0.4) is 0 Å². The van der Waals surface area contributed by atoms with Gasteiger partial charge in [-0.1, -0.05) is 18.2 Å². The molecule has 0 aliphatic heterocycles. The van der Waals surface area contributed by atoms with E-state index in [9.17, 15) is 0 Å². The topological polar surface area (TPSA) is 25.8 Å². The summed E-state index contributed by atoms with van der Waals surface area (Å²) < 4.78 is 0.998. The Morgan fingerprint density at radius 3 is 3.00 bits per heavy atom. The van der Waals surface area contributed by atoms with Gasteiger partial charge in [0.05, 0.1) is 0 Å². The summed E-state index contributed by atoms with van der Waals surface area (Å²) in [6, 6.07) is 1.91. The van der Waals surface area contributed by atoms with Crippen LogP contribution in [0.25, 0.3) is 5.57 Å². The minimum atomic E-state index is 0.872. The van der Waals surface area contributed by atoms with E-state index in [1.807, 2.05) is 12.3 Å². The van der Waals surface area contributed by atoms with E-state index >= 15 is 0 Å². The van der Waals surface area contributed by atoms with Crippen molar-refractivity contribution in [1.29, 1.82) is 0 Å².